The van der Waals surface area contributed by atoms with Crippen molar-refractivity contribution in [1.82, 2.24) is 10.6 Å². The number of nitrogens with zero attached hydrogens (tertiary/aromatic N) is 1. The molecular weight excluding hydrogens is 477 g/mol. The molecule has 27 heavy (non-hydrogen) atoms. The molecule has 148 valence electrons. The molecule has 0 radical (unpaired) electrons. The predicted octanol–water partition coefficient (Wildman–Crippen LogP) is 4.09. The molecular formula is C18H20F4IN3O. The fourth-order valence-corrected chi connectivity index (χ4v) is 2.33. The third-order valence-electron chi connectivity index (χ3n) is 3.54. The van der Waals surface area contributed by atoms with Crippen molar-refractivity contribution in [2.45, 2.75) is 19.6 Å². The molecule has 0 spiro atoms. The van der Waals surface area contributed by atoms with Crippen molar-refractivity contribution in [1.29, 1.82) is 0 Å². The monoisotopic (exact) mass is 497 g/mol. The molecule has 0 unspecified atom stereocenters. The summed E-state index contributed by atoms with van der Waals surface area (Å²) in [5, 5.41) is 5.83. The van der Waals surface area contributed by atoms with Gasteiger partial charge in [0.25, 0.3) is 0 Å². The van der Waals surface area contributed by atoms with Crippen LogP contribution in [0.15, 0.2) is 47.5 Å². The maximum atomic E-state index is 13.9. The zero-order valence-electron chi connectivity index (χ0n) is 14.5. The molecule has 2 N–H and O–H groups in total. The summed E-state index contributed by atoms with van der Waals surface area (Å²) in [6, 6.07) is 9.95. The SMILES string of the molecule is CN=C(NCCc1cccc(F)c1)NCc1c(F)cccc1OC(F)F.I. The van der Waals surface area contributed by atoms with Crippen LogP contribution in [0, 0.1) is 11.6 Å². The van der Waals surface area contributed by atoms with Gasteiger partial charge in [-0.05, 0) is 36.2 Å². The first kappa shape index (κ1) is 23.0. The average molecular weight is 497 g/mol. The fraction of sp³-hybridized carbons (Fsp3) is 0.278. The second-order valence-electron chi connectivity index (χ2n) is 5.33. The van der Waals surface area contributed by atoms with Crippen molar-refractivity contribution in [2.75, 3.05) is 13.6 Å². The van der Waals surface area contributed by atoms with E-state index in [0.29, 0.717) is 18.9 Å². The van der Waals surface area contributed by atoms with Gasteiger partial charge in [-0.15, -0.1) is 24.0 Å². The Kier molecular flexibility index (Phi) is 9.90. The molecule has 9 heteroatoms. The lowest BCUT2D eigenvalue weighted by Crippen LogP contribution is -2.38. The Bertz CT molecular complexity index is 759. The van der Waals surface area contributed by atoms with E-state index in [2.05, 4.69) is 20.4 Å². The van der Waals surface area contributed by atoms with Crippen LogP contribution < -0.4 is 15.4 Å². The molecule has 0 aliphatic carbocycles. The van der Waals surface area contributed by atoms with Crippen LogP contribution in [0.25, 0.3) is 0 Å². The van der Waals surface area contributed by atoms with Crippen molar-refractivity contribution in [3.8, 4) is 5.75 Å². The summed E-state index contributed by atoms with van der Waals surface area (Å²) in [4.78, 5) is 3.98. The van der Waals surface area contributed by atoms with E-state index in [1.807, 2.05) is 0 Å². The molecule has 0 atom stereocenters. The number of rotatable bonds is 7. The van der Waals surface area contributed by atoms with Gasteiger partial charge in [0.05, 0.1) is 0 Å². The van der Waals surface area contributed by atoms with Gasteiger partial charge >= 0.3 is 6.61 Å². The number of alkyl halides is 2. The highest BCUT2D eigenvalue weighted by Crippen LogP contribution is 2.23. The molecule has 0 aliphatic heterocycles. The van der Waals surface area contributed by atoms with E-state index in [-0.39, 0.29) is 47.7 Å². The van der Waals surface area contributed by atoms with Crippen LogP contribution >= 0.6 is 24.0 Å². The van der Waals surface area contributed by atoms with Gasteiger partial charge < -0.3 is 15.4 Å². The predicted molar refractivity (Wildman–Crippen MR) is 107 cm³/mol. The Morgan fingerprint density at radius 3 is 2.52 bits per heavy atom. The number of benzene rings is 2. The Labute approximate surface area is 172 Å². The van der Waals surface area contributed by atoms with E-state index < -0.39 is 12.4 Å². The molecule has 4 nitrogen and oxygen atoms in total. The van der Waals surface area contributed by atoms with Gasteiger partial charge in [0.2, 0.25) is 0 Å². The van der Waals surface area contributed by atoms with Crippen LogP contribution in [0.5, 0.6) is 5.75 Å². The van der Waals surface area contributed by atoms with Gasteiger partial charge in [-0.25, -0.2) is 8.78 Å². The van der Waals surface area contributed by atoms with E-state index in [1.54, 1.807) is 12.1 Å². The minimum atomic E-state index is -3.04. The van der Waals surface area contributed by atoms with Gasteiger partial charge in [-0.3, -0.25) is 4.99 Å². The van der Waals surface area contributed by atoms with Crippen LogP contribution in [0.1, 0.15) is 11.1 Å². The lowest BCUT2D eigenvalue weighted by molar-refractivity contribution is -0.0506. The first-order valence-corrected chi connectivity index (χ1v) is 7.90. The van der Waals surface area contributed by atoms with Crippen LogP contribution in [0.2, 0.25) is 0 Å². The first-order valence-electron chi connectivity index (χ1n) is 7.90. The molecule has 0 amide bonds. The summed E-state index contributed by atoms with van der Waals surface area (Å²) in [7, 11) is 1.52. The van der Waals surface area contributed by atoms with Crippen molar-refractivity contribution in [2.24, 2.45) is 4.99 Å². The third kappa shape index (κ3) is 7.61. The zero-order chi connectivity index (χ0) is 18.9. The van der Waals surface area contributed by atoms with Crippen LogP contribution in [-0.2, 0) is 13.0 Å². The van der Waals surface area contributed by atoms with Gasteiger partial charge in [0.1, 0.15) is 17.4 Å². The number of hydrogen-bond donors (Lipinski definition) is 2. The third-order valence-corrected chi connectivity index (χ3v) is 3.54. The highest BCUT2D eigenvalue weighted by atomic mass is 127. The van der Waals surface area contributed by atoms with Crippen LogP contribution in [0.3, 0.4) is 0 Å². The number of nitrogens with one attached hydrogen (secondary N) is 2. The largest absolute Gasteiger partial charge is 0.434 e. The van der Waals surface area contributed by atoms with Crippen LogP contribution in [0.4, 0.5) is 17.6 Å². The minimum absolute atomic E-state index is 0. The van der Waals surface area contributed by atoms with E-state index in [9.17, 15) is 17.6 Å². The summed E-state index contributed by atoms with van der Waals surface area (Å²) >= 11 is 0. The number of ether oxygens (including phenoxy) is 1. The smallest absolute Gasteiger partial charge is 0.387 e. The molecule has 0 saturated carbocycles. The molecule has 0 fully saturated rings. The molecule has 0 aliphatic rings. The van der Waals surface area contributed by atoms with Gasteiger partial charge in [0, 0.05) is 25.7 Å². The highest BCUT2D eigenvalue weighted by Gasteiger charge is 2.14. The standard InChI is InChI=1S/C18H19F4N3O.HI/c1-23-18(24-9-8-12-4-2-5-13(19)10-12)25-11-14-15(20)6-3-7-16(14)26-17(21)22;/h2-7,10,17H,8-9,11H2,1H3,(H2,23,24,25);1H. The molecule has 0 bridgehead atoms. The van der Waals surface area contributed by atoms with Crippen molar-refractivity contribution >= 4 is 29.9 Å². The van der Waals surface area contributed by atoms with E-state index in [0.717, 1.165) is 11.6 Å². The average Bonchev–Trinajstić information content (AvgIpc) is 2.59. The van der Waals surface area contributed by atoms with Crippen molar-refractivity contribution < 1.29 is 22.3 Å². The quantitative estimate of drug-likeness (QED) is 0.262. The Morgan fingerprint density at radius 1 is 1.11 bits per heavy atom. The molecule has 0 heterocycles. The summed E-state index contributed by atoms with van der Waals surface area (Å²) < 4.78 is 56.2. The summed E-state index contributed by atoms with van der Waals surface area (Å²) in [6.07, 6.45) is 0.553. The Hall–Kier alpha value is -2.04. The molecule has 0 aromatic heterocycles. The topological polar surface area (TPSA) is 45.7 Å². The Morgan fingerprint density at radius 2 is 1.85 bits per heavy atom. The maximum absolute atomic E-state index is 13.9. The van der Waals surface area contributed by atoms with Crippen LogP contribution in [-0.4, -0.2) is 26.2 Å². The maximum Gasteiger partial charge on any atom is 0.387 e. The normalized spacial score (nSPS) is 11.1. The van der Waals surface area contributed by atoms with Gasteiger partial charge in [0.15, 0.2) is 5.96 Å². The minimum Gasteiger partial charge on any atom is -0.434 e. The number of halogens is 5. The van der Waals surface area contributed by atoms with E-state index in [4.69, 9.17) is 0 Å². The summed E-state index contributed by atoms with van der Waals surface area (Å²) in [5.41, 5.74) is 0.788. The van der Waals surface area contributed by atoms with Gasteiger partial charge in [-0.2, -0.15) is 8.78 Å². The van der Waals surface area contributed by atoms with Crippen molar-refractivity contribution in [3.05, 3.63) is 65.2 Å². The summed E-state index contributed by atoms with van der Waals surface area (Å²) in [5.74, 6) is -0.850. The van der Waals surface area contributed by atoms with E-state index in [1.165, 1.54) is 31.3 Å². The van der Waals surface area contributed by atoms with Gasteiger partial charge in [-0.1, -0.05) is 18.2 Å². The lowest BCUT2D eigenvalue weighted by atomic mass is 10.1. The number of aliphatic imine (C=N–C) groups is 1. The lowest BCUT2D eigenvalue weighted by Gasteiger charge is -2.15. The molecule has 0 saturated heterocycles. The fourth-order valence-electron chi connectivity index (χ4n) is 2.33. The summed E-state index contributed by atoms with van der Waals surface area (Å²) in [6.45, 7) is -2.67. The first-order chi connectivity index (χ1) is 12.5. The highest BCUT2D eigenvalue weighted by molar-refractivity contribution is 14.0. The van der Waals surface area contributed by atoms with E-state index >= 15 is 0 Å². The Balaban J connectivity index is 0.00000364. The molecule has 2 rings (SSSR count). The zero-order valence-corrected chi connectivity index (χ0v) is 16.8. The molecule has 2 aromatic carbocycles. The second kappa shape index (κ2) is 11.6. The number of hydrogen-bond acceptors (Lipinski definition) is 2. The number of guanidine groups is 1. The van der Waals surface area contributed by atoms with Crippen molar-refractivity contribution in [3.63, 3.8) is 0 Å². The molecule has 2 aromatic rings. The second-order valence-corrected chi connectivity index (χ2v) is 5.33.